The Morgan fingerprint density at radius 3 is 2.38 bits per heavy atom. The molecule has 1 atom stereocenters. The lowest BCUT2D eigenvalue weighted by atomic mass is 10.1. The molecule has 0 aromatic rings. The van der Waals surface area contributed by atoms with E-state index in [0.717, 1.165) is 0 Å². The fraction of sp³-hybridized carbons (Fsp3) is 0.700. The normalized spacial score (nSPS) is 14.3. The predicted molar refractivity (Wildman–Crippen MR) is 53.7 cm³/mol. The van der Waals surface area contributed by atoms with Crippen LogP contribution in [-0.2, 0) is 4.79 Å². The van der Waals surface area contributed by atoms with Gasteiger partial charge in [0.25, 0.3) is 0 Å². The van der Waals surface area contributed by atoms with Gasteiger partial charge < -0.3 is 5.11 Å². The van der Waals surface area contributed by atoms with E-state index in [1.807, 2.05) is 7.05 Å². The van der Waals surface area contributed by atoms with Gasteiger partial charge in [0, 0.05) is 18.7 Å². The molecule has 0 amide bonds. The molecular formula is C10H19NO2. The molecular weight excluding hydrogens is 166 g/mol. The molecule has 0 spiro atoms. The van der Waals surface area contributed by atoms with Crippen molar-refractivity contribution < 1.29 is 9.90 Å². The van der Waals surface area contributed by atoms with Gasteiger partial charge in [0.15, 0.2) is 0 Å². The zero-order chi connectivity index (χ0) is 10.4. The summed E-state index contributed by atoms with van der Waals surface area (Å²) in [5.74, 6) is -0.297. The Hall–Kier alpha value is -0.830. The summed E-state index contributed by atoms with van der Waals surface area (Å²) in [5, 5.41) is 8.37. The van der Waals surface area contributed by atoms with E-state index in [2.05, 4.69) is 25.7 Å². The van der Waals surface area contributed by atoms with Crippen LogP contribution in [0, 0.1) is 5.92 Å². The number of rotatable bonds is 5. The summed E-state index contributed by atoms with van der Waals surface area (Å²) in [7, 11) is 2.00. The van der Waals surface area contributed by atoms with Gasteiger partial charge in [-0.1, -0.05) is 19.9 Å². The molecule has 0 heterocycles. The molecule has 0 bridgehead atoms. The Morgan fingerprint density at radius 2 is 2.00 bits per heavy atom. The molecule has 0 aliphatic carbocycles. The van der Waals surface area contributed by atoms with E-state index >= 15 is 0 Å². The summed E-state index contributed by atoms with van der Waals surface area (Å²) in [5.41, 5.74) is 0. The largest absolute Gasteiger partial charge is 0.478 e. The van der Waals surface area contributed by atoms with E-state index in [4.69, 9.17) is 5.11 Å². The summed E-state index contributed by atoms with van der Waals surface area (Å²) in [6.45, 7) is 7.13. The molecule has 1 N–H and O–H groups in total. The first kappa shape index (κ1) is 12.2. The van der Waals surface area contributed by atoms with Crippen LogP contribution >= 0.6 is 0 Å². The third-order valence-electron chi connectivity index (χ3n) is 2.31. The number of nitrogens with zero attached hydrogens (tertiary/aromatic N) is 1. The lowest BCUT2D eigenvalue weighted by Crippen LogP contribution is -2.33. The second-order valence-corrected chi connectivity index (χ2v) is 3.66. The average Bonchev–Trinajstić information content (AvgIpc) is 2.02. The van der Waals surface area contributed by atoms with Crippen LogP contribution in [0.5, 0.6) is 0 Å². The van der Waals surface area contributed by atoms with Crippen LogP contribution in [0.4, 0.5) is 0 Å². The van der Waals surface area contributed by atoms with Gasteiger partial charge in [-0.3, -0.25) is 4.90 Å². The molecule has 76 valence electrons. The van der Waals surface area contributed by atoms with Crippen LogP contribution < -0.4 is 0 Å². The molecule has 0 aromatic carbocycles. The fourth-order valence-corrected chi connectivity index (χ4v) is 0.995. The van der Waals surface area contributed by atoms with Crippen molar-refractivity contribution in [1.29, 1.82) is 0 Å². The maximum Gasteiger partial charge on any atom is 0.328 e. The van der Waals surface area contributed by atoms with E-state index in [1.165, 1.54) is 6.08 Å². The summed E-state index contributed by atoms with van der Waals surface area (Å²) in [4.78, 5) is 12.3. The standard InChI is InChI=1S/C10H19NO2/c1-8(2)9(3)11(4)7-5-6-10(12)13/h5-6,8-9H,7H2,1-4H3,(H,12,13)/b6-5+. The first-order chi connectivity index (χ1) is 5.95. The van der Waals surface area contributed by atoms with E-state index in [-0.39, 0.29) is 0 Å². The number of likely N-dealkylation sites (N-methyl/N-ethyl adjacent to an activating group) is 1. The van der Waals surface area contributed by atoms with Crippen molar-refractivity contribution in [2.45, 2.75) is 26.8 Å². The van der Waals surface area contributed by atoms with Gasteiger partial charge in [-0.2, -0.15) is 0 Å². The van der Waals surface area contributed by atoms with Crippen molar-refractivity contribution in [2.24, 2.45) is 5.92 Å². The molecule has 0 aromatic heterocycles. The van der Waals surface area contributed by atoms with E-state index in [9.17, 15) is 4.79 Å². The number of carboxylic acids is 1. The highest BCUT2D eigenvalue weighted by atomic mass is 16.4. The topological polar surface area (TPSA) is 40.5 Å². The first-order valence-electron chi connectivity index (χ1n) is 4.55. The second kappa shape index (κ2) is 5.75. The summed E-state index contributed by atoms with van der Waals surface area (Å²) in [6.07, 6.45) is 2.85. The maximum atomic E-state index is 10.2. The first-order valence-corrected chi connectivity index (χ1v) is 4.55. The zero-order valence-electron chi connectivity index (χ0n) is 8.82. The van der Waals surface area contributed by atoms with E-state index < -0.39 is 5.97 Å². The summed E-state index contributed by atoms with van der Waals surface area (Å²) < 4.78 is 0. The number of carbonyl (C=O) groups is 1. The quantitative estimate of drug-likeness (QED) is 0.661. The Kier molecular flexibility index (Phi) is 5.39. The highest BCUT2D eigenvalue weighted by Gasteiger charge is 2.10. The van der Waals surface area contributed by atoms with Crippen molar-refractivity contribution in [1.82, 2.24) is 4.90 Å². The summed E-state index contributed by atoms with van der Waals surface area (Å²) >= 11 is 0. The Labute approximate surface area is 80.0 Å². The minimum Gasteiger partial charge on any atom is -0.478 e. The monoisotopic (exact) mass is 185 g/mol. The third-order valence-corrected chi connectivity index (χ3v) is 2.31. The van der Waals surface area contributed by atoms with Crippen LogP contribution in [0.15, 0.2) is 12.2 Å². The van der Waals surface area contributed by atoms with Crippen molar-refractivity contribution in [2.75, 3.05) is 13.6 Å². The number of hydrogen-bond donors (Lipinski definition) is 1. The molecule has 0 saturated carbocycles. The molecule has 13 heavy (non-hydrogen) atoms. The lowest BCUT2D eigenvalue weighted by Gasteiger charge is -2.26. The number of aliphatic carboxylic acids is 1. The van der Waals surface area contributed by atoms with Crippen LogP contribution in [0.1, 0.15) is 20.8 Å². The van der Waals surface area contributed by atoms with Crippen molar-refractivity contribution in [3.63, 3.8) is 0 Å². The Balaban J connectivity index is 3.86. The minimum absolute atomic E-state index is 0.471. The minimum atomic E-state index is -0.884. The van der Waals surface area contributed by atoms with Crippen LogP contribution in [-0.4, -0.2) is 35.6 Å². The van der Waals surface area contributed by atoms with Gasteiger partial charge in [-0.15, -0.1) is 0 Å². The van der Waals surface area contributed by atoms with Gasteiger partial charge in [-0.05, 0) is 19.9 Å². The third kappa shape index (κ3) is 5.42. The van der Waals surface area contributed by atoms with E-state index in [0.29, 0.717) is 18.5 Å². The molecule has 0 radical (unpaired) electrons. The zero-order valence-corrected chi connectivity index (χ0v) is 8.82. The smallest absolute Gasteiger partial charge is 0.328 e. The lowest BCUT2D eigenvalue weighted by molar-refractivity contribution is -0.131. The maximum absolute atomic E-state index is 10.2. The van der Waals surface area contributed by atoms with Crippen molar-refractivity contribution in [3.05, 3.63) is 12.2 Å². The molecule has 0 aliphatic heterocycles. The van der Waals surface area contributed by atoms with Crippen LogP contribution in [0.3, 0.4) is 0 Å². The van der Waals surface area contributed by atoms with Gasteiger partial charge in [0.2, 0.25) is 0 Å². The van der Waals surface area contributed by atoms with Crippen molar-refractivity contribution in [3.8, 4) is 0 Å². The highest BCUT2D eigenvalue weighted by Crippen LogP contribution is 2.07. The summed E-state index contributed by atoms with van der Waals surface area (Å²) in [6, 6.07) is 0.471. The molecule has 3 heteroatoms. The Bertz CT molecular complexity index is 187. The average molecular weight is 185 g/mol. The van der Waals surface area contributed by atoms with Gasteiger partial charge in [0.1, 0.15) is 0 Å². The molecule has 0 fully saturated rings. The highest BCUT2D eigenvalue weighted by molar-refractivity contribution is 5.79. The fourth-order valence-electron chi connectivity index (χ4n) is 0.995. The number of hydrogen-bond acceptors (Lipinski definition) is 2. The van der Waals surface area contributed by atoms with Gasteiger partial charge >= 0.3 is 5.97 Å². The SMILES string of the molecule is CC(C)C(C)N(C)C/C=C/C(=O)O. The second-order valence-electron chi connectivity index (χ2n) is 3.66. The molecule has 0 saturated heterocycles. The molecule has 1 unspecified atom stereocenters. The van der Waals surface area contributed by atoms with Gasteiger partial charge in [-0.25, -0.2) is 4.79 Å². The number of carboxylic acid groups (broad SMARTS) is 1. The Morgan fingerprint density at radius 1 is 1.46 bits per heavy atom. The van der Waals surface area contributed by atoms with Crippen LogP contribution in [0.2, 0.25) is 0 Å². The predicted octanol–water partition coefficient (Wildman–Crippen LogP) is 1.60. The van der Waals surface area contributed by atoms with Crippen molar-refractivity contribution >= 4 is 5.97 Å². The molecule has 3 nitrogen and oxygen atoms in total. The van der Waals surface area contributed by atoms with Crippen LogP contribution in [0.25, 0.3) is 0 Å². The van der Waals surface area contributed by atoms with Gasteiger partial charge in [0.05, 0.1) is 0 Å². The van der Waals surface area contributed by atoms with E-state index in [1.54, 1.807) is 6.08 Å². The molecule has 0 rings (SSSR count). The molecule has 0 aliphatic rings.